The van der Waals surface area contributed by atoms with Crippen molar-refractivity contribution in [2.45, 2.75) is 25.7 Å². The van der Waals surface area contributed by atoms with Gasteiger partial charge in [-0.2, -0.15) is 5.26 Å². The third kappa shape index (κ3) is 4.84. The van der Waals surface area contributed by atoms with Gasteiger partial charge in [0, 0.05) is 12.7 Å². The van der Waals surface area contributed by atoms with Gasteiger partial charge in [-0.1, -0.05) is 17.7 Å². The van der Waals surface area contributed by atoms with Crippen LogP contribution in [0.25, 0.3) is 0 Å². The number of anilines is 2. The SMILES string of the molecule is Cc1cc(C)c(NC(=O)CN(C)c2ccc(S(N)(=O)=O)cc2C#N)c(C)c1. The minimum atomic E-state index is -3.90. The smallest absolute Gasteiger partial charge is 0.243 e. The molecule has 0 aliphatic rings. The standard InChI is InChI=1S/C19H22N4O3S/c1-12-7-13(2)19(14(3)8-12)22-18(24)11-23(4)17-6-5-16(27(21,25)26)9-15(17)10-20/h5-9H,11H2,1-4H3,(H,22,24)(H2,21,25,26). The number of nitrogens with zero attached hydrogens (tertiary/aromatic N) is 2. The van der Waals surface area contributed by atoms with E-state index in [0.29, 0.717) is 5.69 Å². The first kappa shape index (κ1) is 20.4. The molecule has 0 spiro atoms. The Morgan fingerprint density at radius 1 is 1.19 bits per heavy atom. The van der Waals surface area contributed by atoms with E-state index in [0.717, 1.165) is 22.4 Å². The molecule has 1 amide bonds. The van der Waals surface area contributed by atoms with Crippen molar-refractivity contribution in [3.8, 4) is 6.07 Å². The lowest BCUT2D eigenvalue weighted by Crippen LogP contribution is -2.31. The molecule has 0 aromatic heterocycles. The topological polar surface area (TPSA) is 116 Å². The Balaban J connectivity index is 2.21. The largest absolute Gasteiger partial charge is 0.364 e. The molecule has 0 atom stereocenters. The van der Waals surface area contributed by atoms with E-state index in [2.05, 4.69) is 5.32 Å². The van der Waals surface area contributed by atoms with Gasteiger partial charge < -0.3 is 10.2 Å². The van der Waals surface area contributed by atoms with E-state index >= 15 is 0 Å². The van der Waals surface area contributed by atoms with Crippen LogP contribution in [-0.4, -0.2) is 27.9 Å². The van der Waals surface area contributed by atoms with Gasteiger partial charge >= 0.3 is 0 Å². The minimum Gasteiger partial charge on any atom is -0.364 e. The average molecular weight is 386 g/mol. The molecule has 0 saturated carbocycles. The van der Waals surface area contributed by atoms with Crippen LogP contribution < -0.4 is 15.4 Å². The molecule has 0 aliphatic heterocycles. The van der Waals surface area contributed by atoms with Crippen molar-refractivity contribution in [3.63, 3.8) is 0 Å². The Morgan fingerprint density at radius 2 is 1.78 bits per heavy atom. The highest BCUT2D eigenvalue weighted by atomic mass is 32.2. The fraction of sp³-hybridized carbons (Fsp3) is 0.263. The summed E-state index contributed by atoms with van der Waals surface area (Å²) in [5.74, 6) is -0.244. The van der Waals surface area contributed by atoms with E-state index in [4.69, 9.17) is 5.14 Å². The van der Waals surface area contributed by atoms with Gasteiger partial charge in [-0.25, -0.2) is 13.6 Å². The molecule has 0 saturated heterocycles. The summed E-state index contributed by atoms with van der Waals surface area (Å²) in [6.07, 6.45) is 0. The van der Waals surface area contributed by atoms with Gasteiger partial charge in [-0.15, -0.1) is 0 Å². The number of nitriles is 1. The summed E-state index contributed by atoms with van der Waals surface area (Å²) in [6, 6.07) is 9.91. The lowest BCUT2D eigenvalue weighted by Gasteiger charge is -2.21. The van der Waals surface area contributed by atoms with Crippen LogP contribution in [-0.2, 0) is 14.8 Å². The van der Waals surface area contributed by atoms with Gasteiger partial charge in [-0.05, 0) is 50.1 Å². The number of primary sulfonamides is 1. The van der Waals surface area contributed by atoms with Crippen LogP contribution in [0.4, 0.5) is 11.4 Å². The van der Waals surface area contributed by atoms with Crippen molar-refractivity contribution in [1.29, 1.82) is 5.26 Å². The first-order chi connectivity index (χ1) is 12.5. The Kier molecular flexibility index (Phi) is 5.88. The number of hydrogen-bond donors (Lipinski definition) is 2. The molecule has 7 nitrogen and oxygen atoms in total. The van der Waals surface area contributed by atoms with Crippen molar-refractivity contribution in [3.05, 3.63) is 52.6 Å². The van der Waals surface area contributed by atoms with E-state index in [9.17, 15) is 18.5 Å². The zero-order valence-electron chi connectivity index (χ0n) is 15.7. The second-order valence-corrected chi connectivity index (χ2v) is 8.08. The number of carbonyl (C=O) groups excluding carboxylic acids is 1. The van der Waals surface area contributed by atoms with Crippen LogP contribution in [0.5, 0.6) is 0 Å². The Bertz CT molecular complexity index is 1020. The Labute approximate surface area is 159 Å². The zero-order chi connectivity index (χ0) is 20.4. The molecule has 0 bridgehead atoms. The first-order valence-corrected chi connectivity index (χ1v) is 9.73. The molecule has 0 aliphatic carbocycles. The van der Waals surface area contributed by atoms with E-state index in [1.165, 1.54) is 18.2 Å². The monoisotopic (exact) mass is 386 g/mol. The molecule has 0 heterocycles. The molecule has 2 aromatic rings. The zero-order valence-corrected chi connectivity index (χ0v) is 16.5. The molecule has 3 N–H and O–H groups in total. The van der Waals surface area contributed by atoms with Crippen molar-refractivity contribution in [1.82, 2.24) is 0 Å². The van der Waals surface area contributed by atoms with Crippen molar-refractivity contribution in [2.75, 3.05) is 23.8 Å². The molecule has 2 rings (SSSR count). The molecule has 2 aromatic carbocycles. The summed E-state index contributed by atoms with van der Waals surface area (Å²) in [5.41, 5.74) is 4.40. The van der Waals surface area contributed by atoms with Crippen LogP contribution in [0, 0.1) is 32.1 Å². The van der Waals surface area contributed by atoms with E-state index in [1.54, 1.807) is 11.9 Å². The summed E-state index contributed by atoms with van der Waals surface area (Å²) in [4.78, 5) is 13.9. The van der Waals surface area contributed by atoms with Crippen LogP contribution in [0.1, 0.15) is 22.3 Å². The normalized spacial score (nSPS) is 11.0. The lowest BCUT2D eigenvalue weighted by atomic mass is 10.1. The number of nitrogens with one attached hydrogen (secondary N) is 1. The second-order valence-electron chi connectivity index (χ2n) is 6.51. The number of hydrogen-bond acceptors (Lipinski definition) is 5. The summed E-state index contributed by atoms with van der Waals surface area (Å²) in [7, 11) is -2.25. The van der Waals surface area contributed by atoms with Gasteiger partial charge in [0.15, 0.2) is 0 Å². The number of likely N-dealkylation sites (N-methyl/N-ethyl adjacent to an activating group) is 1. The highest BCUT2D eigenvalue weighted by Gasteiger charge is 2.16. The predicted molar refractivity (Wildman–Crippen MR) is 105 cm³/mol. The van der Waals surface area contributed by atoms with Crippen LogP contribution in [0.3, 0.4) is 0 Å². The van der Waals surface area contributed by atoms with Crippen LogP contribution in [0.2, 0.25) is 0 Å². The quantitative estimate of drug-likeness (QED) is 0.817. The van der Waals surface area contributed by atoms with Crippen molar-refractivity contribution >= 4 is 27.3 Å². The summed E-state index contributed by atoms with van der Waals surface area (Å²) < 4.78 is 22.9. The number of sulfonamides is 1. The molecule has 0 fully saturated rings. The van der Waals surface area contributed by atoms with Gasteiger partial charge in [0.1, 0.15) is 6.07 Å². The summed E-state index contributed by atoms with van der Waals surface area (Å²) in [5, 5.41) is 17.3. The number of aryl methyl sites for hydroxylation is 3. The number of amides is 1. The maximum Gasteiger partial charge on any atom is 0.243 e. The minimum absolute atomic E-state index is 0.00381. The summed E-state index contributed by atoms with van der Waals surface area (Å²) in [6.45, 7) is 5.85. The number of rotatable bonds is 5. The maximum atomic E-state index is 12.5. The maximum absolute atomic E-state index is 12.5. The molecule has 142 valence electrons. The number of carbonyl (C=O) groups is 1. The average Bonchev–Trinajstić information content (AvgIpc) is 2.56. The highest BCUT2D eigenvalue weighted by molar-refractivity contribution is 7.89. The first-order valence-electron chi connectivity index (χ1n) is 8.18. The van der Waals surface area contributed by atoms with Crippen LogP contribution >= 0.6 is 0 Å². The Morgan fingerprint density at radius 3 is 2.30 bits per heavy atom. The molecule has 0 unspecified atom stereocenters. The molecule has 8 heteroatoms. The summed E-state index contributed by atoms with van der Waals surface area (Å²) >= 11 is 0. The van der Waals surface area contributed by atoms with E-state index in [-0.39, 0.29) is 22.9 Å². The Hall–Kier alpha value is -2.89. The van der Waals surface area contributed by atoms with Gasteiger partial charge in [0.25, 0.3) is 0 Å². The van der Waals surface area contributed by atoms with Crippen molar-refractivity contribution in [2.24, 2.45) is 5.14 Å². The third-order valence-electron chi connectivity index (χ3n) is 4.15. The van der Waals surface area contributed by atoms with Crippen LogP contribution in [0.15, 0.2) is 35.2 Å². The second kappa shape index (κ2) is 7.78. The van der Waals surface area contributed by atoms with E-state index < -0.39 is 10.0 Å². The molecular formula is C19H22N4O3S. The van der Waals surface area contributed by atoms with E-state index in [1.807, 2.05) is 39.0 Å². The third-order valence-corrected chi connectivity index (χ3v) is 5.06. The molecule has 27 heavy (non-hydrogen) atoms. The number of nitrogens with two attached hydrogens (primary N) is 1. The predicted octanol–water partition coefficient (Wildman–Crippen LogP) is 2.21. The lowest BCUT2D eigenvalue weighted by molar-refractivity contribution is -0.114. The van der Waals surface area contributed by atoms with Gasteiger partial charge in [-0.3, -0.25) is 4.79 Å². The van der Waals surface area contributed by atoms with Crippen molar-refractivity contribution < 1.29 is 13.2 Å². The molecule has 0 radical (unpaired) electrons. The van der Waals surface area contributed by atoms with Gasteiger partial charge in [0.2, 0.25) is 15.9 Å². The fourth-order valence-electron chi connectivity index (χ4n) is 2.97. The number of benzene rings is 2. The highest BCUT2D eigenvalue weighted by Crippen LogP contribution is 2.24. The van der Waals surface area contributed by atoms with Gasteiger partial charge in [0.05, 0.1) is 22.7 Å². The fourth-order valence-corrected chi connectivity index (χ4v) is 3.51. The molecular weight excluding hydrogens is 364 g/mol.